The second-order valence-corrected chi connectivity index (χ2v) is 4.42. The summed E-state index contributed by atoms with van der Waals surface area (Å²) in [6.07, 6.45) is 0. The van der Waals surface area contributed by atoms with Crippen LogP contribution in [-0.4, -0.2) is 17.7 Å². The van der Waals surface area contributed by atoms with E-state index in [1.807, 2.05) is 6.92 Å². The Morgan fingerprint density at radius 1 is 1.50 bits per heavy atom. The Hall–Kier alpha value is -1.22. The first-order valence-corrected chi connectivity index (χ1v) is 5.43. The third-order valence-electron chi connectivity index (χ3n) is 2.49. The molecule has 1 rings (SSSR count). The number of carbonyl (C=O) groups is 1. The second-order valence-electron chi connectivity index (χ2n) is 4.01. The van der Waals surface area contributed by atoms with Gasteiger partial charge >= 0.3 is 5.97 Å². The van der Waals surface area contributed by atoms with Gasteiger partial charge in [-0.25, -0.2) is 0 Å². The van der Waals surface area contributed by atoms with Gasteiger partial charge in [-0.05, 0) is 38.5 Å². The maximum absolute atomic E-state index is 11.1. The molecule has 16 heavy (non-hydrogen) atoms. The van der Waals surface area contributed by atoms with E-state index in [0.717, 1.165) is 0 Å². The fourth-order valence-electron chi connectivity index (χ4n) is 1.29. The summed E-state index contributed by atoms with van der Waals surface area (Å²) in [5, 5.41) is 9.52. The molecular formula is C12H15ClO3. The van der Waals surface area contributed by atoms with Gasteiger partial charge in [-0.15, -0.1) is 0 Å². The van der Waals surface area contributed by atoms with Crippen molar-refractivity contribution in [1.29, 1.82) is 0 Å². The smallest absolute Gasteiger partial charge is 0.313 e. The second kappa shape index (κ2) is 4.74. The summed E-state index contributed by atoms with van der Waals surface area (Å²) in [5.74, 6) is -0.304. The number of rotatable bonds is 4. The van der Waals surface area contributed by atoms with E-state index >= 15 is 0 Å². The molecule has 0 aliphatic rings. The molecule has 88 valence electrons. The van der Waals surface area contributed by atoms with Crippen LogP contribution in [0.5, 0.6) is 5.75 Å². The van der Waals surface area contributed by atoms with E-state index in [9.17, 15) is 4.79 Å². The molecule has 0 saturated carbocycles. The summed E-state index contributed by atoms with van der Waals surface area (Å²) in [4.78, 5) is 11.1. The molecule has 0 amide bonds. The largest absolute Gasteiger partial charge is 0.492 e. The van der Waals surface area contributed by atoms with E-state index in [1.165, 1.54) is 0 Å². The molecule has 4 heteroatoms. The van der Waals surface area contributed by atoms with Gasteiger partial charge in [0.05, 0.1) is 17.0 Å². The van der Waals surface area contributed by atoms with Crippen LogP contribution in [0, 0.1) is 0 Å². The Morgan fingerprint density at radius 3 is 2.56 bits per heavy atom. The SMILES string of the molecule is CCOc1ccc(C(C)(C)C(=O)O)cc1Cl. The van der Waals surface area contributed by atoms with Crippen molar-refractivity contribution in [3.05, 3.63) is 28.8 Å². The van der Waals surface area contributed by atoms with E-state index in [0.29, 0.717) is 22.9 Å². The van der Waals surface area contributed by atoms with Gasteiger partial charge in [-0.1, -0.05) is 17.7 Å². The van der Waals surface area contributed by atoms with Gasteiger partial charge in [0.2, 0.25) is 0 Å². The Labute approximate surface area is 100.0 Å². The average molecular weight is 243 g/mol. The Kier molecular flexibility index (Phi) is 3.81. The molecule has 1 N–H and O–H groups in total. The molecule has 1 aromatic rings. The third-order valence-corrected chi connectivity index (χ3v) is 2.78. The first kappa shape index (κ1) is 12.8. The van der Waals surface area contributed by atoms with Crippen LogP contribution in [-0.2, 0) is 10.2 Å². The number of hydrogen-bond acceptors (Lipinski definition) is 2. The highest BCUT2D eigenvalue weighted by Crippen LogP contribution is 2.31. The van der Waals surface area contributed by atoms with Crippen LogP contribution >= 0.6 is 11.6 Å². The van der Waals surface area contributed by atoms with Gasteiger partial charge in [0.25, 0.3) is 0 Å². The van der Waals surface area contributed by atoms with E-state index < -0.39 is 11.4 Å². The Bertz CT molecular complexity index is 399. The lowest BCUT2D eigenvalue weighted by Gasteiger charge is -2.20. The van der Waals surface area contributed by atoms with Crippen molar-refractivity contribution in [1.82, 2.24) is 0 Å². The lowest BCUT2D eigenvalue weighted by molar-refractivity contribution is -0.142. The monoisotopic (exact) mass is 242 g/mol. The minimum atomic E-state index is -0.950. The van der Waals surface area contributed by atoms with Gasteiger partial charge < -0.3 is 9.84 Å². The van der Waals surface area contributed by atoms with Crippen LogP contribution in [0.4, 0.5) is 0 Å². The first-order valence-electron chi connectivity index (χ1n) is 5.05. The van der Waals surface area contributed by atoms with Crippen LogP contribution in [0.2, 0.25) is 5.02 Å². The van der Waals surface area contributed by atoms with Crippen LogP contribution in [0.25, 0.3) is 0 Å². The van der Waals surface area contributed by atoms with Crippen LogP contribution in [0.3, 0.4) is 0 Å². The zero-order chi connectivity index (χ0) is 12.3. The summed E-state index contributed by atoms with van der Waals surface area (Å²) >= 11 is 6.00. The van der Waals surface area contributed by atoms with E-state index in [2.05, 4.69) is 0 Å². The minimum absolute atomic E-state index is 0.439. The number of aliphatic carboxylic acids is 1. The molecule has 0 spiro atoms. The van der Waals surface area contributed by atoms with Gasteiger partial charge in [0, 0.05) is 0 Å². The molecule has 0 aliphatic heterocycles. The van der Waals surface area contributed by atoms with Gasteiger partial charge in [0.15, 0.2) is 0 Å². The minimum Gasteiger partial charge on any atom is -0.492 e. The molecule has 0 fully saturated rings. The predicted molar refractivity (Wildman–Crippen MR) is 63.3 cm³/mol. The molecule has 0 aromatic heterocycles. The maximum atomic E-state index is 11.1. The van der Waals surface area contributed by atoms with Crippen molar-refractivity contribution in [2.24, 2.45) is 0 Å². The molecule has 1 aromatic carbocycles. The molecule has 0 saturated heterocycles. The molecule has 0 bridgehead atoms. The van der Waals surface area contributed by atoms with E-state index in [-0.39, 0.29) is 0 Å². The van der Waals surface area contributed by atoms with Crippen molar-refractivity contribution in [2.45, 2.75) is 26.2 Å². The molecule has 3 nitrogen and oxygen atoms in total. The van der Waals surface area contributed by atoms with Crippen molar-refractivity contribution in [3.63, 3.8) is 0 Å². The highest BCUT2D eigenvalue weighted by Gasteiger charge is 2.29. The van der Waals surface area contributed by atoms with Gasteiger partial charge in [-0.3, -0.25) is 4.79 Å². The lowest BCUT2D eigenvalue weighted by Crippen LogP contribution is -2.28. The number of hydrogen-bond donors (Lipinski definition) is 1. The van der Waals surface area contributed by atoms with Gasteiger partial charge in [0.1, 0.15) is 5.75 Å². The quantitative estimate of drug-likeness (QED) is 0.883. The van der Waals surface area contributed by atoms with E-state index in [4.69, 9.17) is 21.4 Å². The lowest BCUT2D eigenvalue weighted by atomic mass is 9.85. The highest BCUT2D eigenvalue weighted by molar-refractivity contribution is 6.32. The fraction of sp³-hybridized carbons (Fsp3) is 0.417. The zero-order valence-corrected chi connectivity index (χ0v) is 10.3. The van der Waals surface area contributed by atoms with Crippen LogP contribution in [0.1, 0.15) is 26.3 Å². The molecule has 0 aliphatic carbocycles. The van der Waals surface area contributed by atoms with Crippen molar-refractivity contribution in [2.75, 3.05) is 6.61 Å². The van der Waals surface area contributed by atoms with E-state index in [1.54, 1.807) is 32.0 Å². The van der Waals surface area contributed by atoms with Crippen molar-refractivity contribution < 1.29 is 14.6 Å². The molecule has 0 atom stereocenters. The first-order chi connectivity index (χ1) is 7.39. The van der Waals surface area contributed by atoms with Crippen molar-refractivity contribution >= 4 is 17.6 Å². The number of benzene rings is 1. The number of halogens is 1. The molecule has 0 heterocycles. The predicted octanol–water partition coefficient (Wildman–Crippen LogP) is 3.10. The van der Waals surface area contributed by atoms with Crippen LogP contribution < -0.4 is 4.74 Å². The summed E-state index contributed by atoms with van der Waals surface area (Å²) in [6.45, 7) is 5.68. The number of ether oxygens (including phenoxy) is 1. The third kappa shape index (κ3) is 2.47. The average Bonchev–Trinajstić information content (AvgIpc) is 2.21. The normalized spacial score (nSPS) is 11.2. The zero-order valence-electron chi connectivity index (χ0n) is 9.58. The maximum Gasteiger partial charge on any atom is 0.313 e. The Balaban J connectivity index is 3.10. The highest BCUT2D eigenvalue weighted by atomic mass is 35.5. The molecular weight excluding hydrogens is 228 g/mol. The molecule has 0 unspecified atom stereocenters. The van der Waals surface area contributed by atoms with Gasteiger partial charge in [-0.2, -0.15) is 0 Å². The Morgan fingerprint density at radius 2 is 2.12 bits per heavy atom. The summed E-state index contributed by atoms with van der Waals surface area (Å²) in [7, 11) is 0. The van der Waals surface area contributed by atoms with Crippen molar-refractivity contribution in [3.8, 4) is 5.75 Å². The summed E-state index contributed by atoms with van der Waals surface area (Å²) in [6, 6.07) is 5.07. The standard InChI is InChI=1S/C12H15ClO3/c1-4-16-10-6-5-8(7-9(10)13)12(2,3)11(14)15/h5-7H,4H2,1-3H3,(H,14,15). The summed E-state index contributed by atoms with van der Waals surface area (Å²) < 4.78 is 5.29. The van der Waals surface area contributed by atoms with Crippen LogP contribution in [0.15, 0.2) is 18.2 Å². The molecule has 0 radical (unpaired) electrons. The fourth-order valence-corrected chi connectivity index (χ4v) is 1.52. The topological polar surface area (TPSA) is 46.5 Å². The number of carboxylic acids is 1. The summed E-state index contributed by atoms with van der Waals surface area (Å²) in [5.41, 5.74) is -0.289. The number of carboxylic acid groups (broad SMARTS) is 1.